The lowest BCUT2D eigenvalue weighted by molar-refractivity contribution is 0.554. The maximum atomic E-state index is 8.46. The van der Waals surface area contributed by atoms with Gasteiger partial charge in [0, 0.05) is 12.4 Å². The molecular formula is C6H6N4. The highest BCUT2D eigenvalue weighted by atomic mass is 15.0. The molecule has 0 aromatic rings. The van der Waals surface area contributed by atoms with Crippen molar-refractivity contribution in [3.05, 3.63) is 12.4 Å². The summed E-state index contributed by atoms with van der Waals surface area (Å²) >= 11 is 0. The van der Waals surface area contributed by atoms with Gasteiger partial charge in [0.25, 0.3) is 0 Å². The van der Waals surface area contributed by atoms with Crippen molar-refractivity contribution in [3.63, 3.8) is 0 Å². The Hall–Kier alpha value is -1.68. The van der Waals surface area contributed by atoms with E-state index in [1.54, 1.807) is 12.4 Å². The van der Waals surface area contributed by atoms with Crippen LogP contribution in [0.3, 0.4) is 0 Å². The van der Waals surface area contributed by atoms with Gasteiger partial charge in [0.1, 0.15) is 12.1 Å². The molecule has 4 nitrogen and oxygen atoms in total. The van der Waals surface area contributed by atoms with Gasteiger partial charge in [0.2, 0.25) is 0 Å². The van der Waals surface area contributed by atoms with Crippen LogP contribution in [0.2, 0.25) is 0 Å². The fourth-order valence-corrected chi connectivity index (χ4v) is 0.720. The van der Waals surface area contributed by atoms with Crippen LogP contribution in [0.25, 0.3) is 0 Å². The predicted octanol–water partition coefficient (Wildman–Crippen LogP) is -0.565. The van der Waals surface area contributed by atoms with Crippen LogP contribution in [0.4, 0.5) is 0 Å². The van der Waals surface area contributed by atoms with Crippen molar-refractivity contribution in [2.24, 2.45) is 0 Å². The van der Waals surface area contributed by atoms with E-state index >= 15 is 0 Å². The Morgan fingerprint density at radius 1 is 1.00 bits per heavy atom. The van der Waals surface area contributed by atoms with Gasteiger partial charge < -0.3 is 10.6 Å². The Morgan fingerprint density at radius 2 is 1.40 bits per heavy atom. The van der Waals surface area contributed by atoms with Crippen molar-refractivity contribution in [2.75, 3.05) is 0 Å². The number of rotatable bonds is 0. The third kappa shape index (κ3) is 1.01. The average Bonchev–Trinajstić information content (AvgIpc) is 2.04. The molecule has 4 heteroatoms. The summed E-state index contributed by atoms with van der Waals surface area (Å²) in [6, 6.07) is 3.04. The Labute approximate surface area is 58.8 Å². The quantitative estimate of drug-likeness (QED) is 0.465. The van der Waals surface area contributed by atoms with Gasteiger partial charge in [-0.2, -0.15) is 10.5 Å². The van der Waals surface area contributed by atoms with E-state index in [-0.39, 0.29) is 0 Å². The highest BCUT2D eigenvalue weighted by molar-refractivity contribution is 5.14. The molecular weight excluding hydrogens is 128 g/mol. The zero-order chi connectivity index (χ0) is 7.40. The molecule has 0 aliphatic carbocycles. The van der Waals surface area contributed by atoms with E-state index in [0.717, 1.165) is 0 Å². The third-order valence-corrected chi connectivity index (χ3v) is 1.25. The second kappa shape index (κ2) is 2.75. The summed E-state index contributed by atoms with van der Waals surface area (Å²) in [5.41, 5.74) is 0. The lowest BCUT2D eigenvalue weighted by Gasteiger charge is -2.19. The average molecular weight is 134 g/mol. The lowest BCUT2D eigenvalue weighted by atomic mass is 10.1. The van der Waals surface area contributed by atoms with Gasteiger partial charge in [-0.25, -0.2) is 0 Å². The summed E-state index contributed by atoms with van der Waals surface area (Å²) in [7, 11) is 0. The molecule has 50 valence electrons. The molecule has 0 radical (unpaired) electrons. The lowest BCUT2D eigenvalue weighted by Crippen LogP contribution is -2.45. The number of hydrogen-bond donors (Lipinski definition) is 2. The number of nitrogens with zero attached hydrogens (tertiary/aromatic N) is 2. The second-order valence-electron chi connectivity index (χ2n) is 1.88. The minimum atomic E-state index is -0.435. The number of nitrogens with one attached hydrogen (secondary N) is 2. The molecule has 0 amide bonds. The first-order valence-electron chi connectivity index (χ1n) is 2.85. The summed E-state index contributed by atoms with van der Waals surface area (Å²) in [5, 5.41) is 22.4. The van der Waals surface area contributed by atoms with Crippen LogP contribution in [0.5, 0.6) is 0 Å². The van der Waals surface area contributed by atoms with E-state index in [4.69, 9.17) is 10.5 Å². The first kappa shape index (κ1) is 6.44. The van der Waals surface area contributed by atoms with Crippen molar-refractivity contribution in [2.45, 2.75) is 12.1 Å². The SMILES string of the molecule is N#CC1NC=CNC1C#N. The fraction of sp³-hybridized carbons (Fsp3) is 0.333. The molecule has 1 aliphatic rings. The van der Waals surface area contributed by atoms with Crippen LogP contribution in [0.15, 0.2) is 12.4 Å². The highest BCUT2D eigenvalue weighted by Gasteiger charge is 2.19. The van der Waals surface area contributed by atoms with Gasteiger partial charge in [-0.1, -0.05) is 0 Å². The third-order valence-electron chi connectivity index (χ3n) is 1.25. The molecule has 1 heterocycles. The largest absolute Gasteiger partial charge is 0.372 e. The highest BCUT2D eigenvalue weighted by Crippen LogP contribution is 1.95. The normalized spacial score (nSPS) is 29.0. The number of hydrogen-bond acceptors (Lipinski definition) is 4. The van der Waals surface area contributed by atoms with Crippen LogP contribution < -0.4 is 10.6 Å². The van der Waals surface area contributed by atoms with Crippen LogP contribution >= 0.6 is 0 Å². The van der Waals surface area contributed by atoms with Crippen LogP contribution in [-0.2, 0) is 0 Å². The molecule has 0 bridgehead atoms. The molecule has 0 aromatic heterocycles. The van der Waals surface area contributed by atoms with Crippen molar-refractivity contribution in [3.8, 4) is 12.1 Å². The molecule has 0 fully saturated rings. The molecule has 1 rings (SSSR count). The molecule has 0 saturated carbocycles. The van der Waals surface area contributed by atoms with E-state index in [2.05, 4.69) is 10.6 Å². The van der Waals surface area contributed by atoms with Gasteiger partial charge in [-0.15, -0.1) is 0 Å². The maximum absolute atomic E-state index is 8.46. The summed E-state index contributed by atoms with van der Waals surface area (Å²) in [4.78, 5) is 0. The first-order chi connectivity index (χ1) is 4.88. The molecule has 1 aliphatic heterocycles. The summed E-state index contributed by atoms with van der Waals surface area (Å²) in [5.74, 6) is 0. The monoisotopic (exact) mass is 134 g/mol. The number of nitriles is 2. The zero-order valence-corrected chi connectivity index (χ0v) is 5.20. The summed E-state index contributed by atoms with van der Waals surface area (Å²) < 4.78 is 0. The molecule has 0 saturated heterocycles. The Bertz CT molecular complexity index is 195. The smallest absolute Gasteiger partial charge is 0.148 e. The van der Waals surface area contributed by atoms with Gasteiger partial charge in [-0.3, -0.25) is 0 Å². The van der Waals surface area contributed by atoms with E-state index in [1.165, 1.54) is 0 Å². The van der Waals surface area contributed by atoms with Crippen molar-refractivity contribution in [1.82, 2.24) is 10.6 Å². The Morgan fingerprint density at radius 3 is 1.70 bits per heavy atom. The minimum absolute atomic E-state index is 0.435. The minimum Gasteiger partial charge on any atom is -0.372 e. The Kier molecular flexibility index (Phi) is 1.77. The molecule has 0 aromatic carbocycles. The van der Waals surface area contributed by atoms with Gasteiger partial charge in [-0.05, 0) is 0 Å². The van der Waals surface area contributed by atoms with Gasteiger partial charge in [0.05, 0.1) is 12.1 Å². The van der Waals surface area contributed by atoms with Gasteiger partial charge >= 0.3 is 0 Å². The van der Waals surface area contributed by atoms with E-state index in [1.807, 2.05) is 12.1 Å². The molecule has 2 unspecified atom stereocenters. The van der Waals surface area contributed by atoms with Crippen molar-refractivity contribution in [1.29, 1.82) is 10.5 Å². The van der Waals surface area contributed by atoms with Crippen LogP contribution in [0, 0.1) is 22.7 Å². The zero-order valence-electron chi connectivity index (χ0n) is 5.20. The molecule has 0 spiro atoms. The topological polar surface area (TPSA) is 71.6 Å². The van der Waals surface area contributed by atoms with Crippen molar-refractivity contribution < 1.29 is 0 Å². The van der Waals surface area contributed by atoms with Crippen LogP contribution in [0.1, 0.15) is 0 Å². The maximum Gasteiger partial charge on any atom is 0.148 e. The Balaban J connectivity index is 2.67. The first-order valence-corrected chi connectivity index (χ1v) is 2.85. The van der Waals surface area contributed by atoms with E-state index in [9.17, 15) is 0 Å². The standard InChI is InChI=1S/C6H6N4/c7-3-5-6(4-8)10-2-1-9-5/h1-2,5-6,9-10H. The van der Waals surface area contributed by atoms with Crippen LogP contribution in [-0.4, -0.2) is 12.1 Å². The fourth-order valence-electron chi connectivity index (χ4n) is 0.720. The molecule has 2 N–H and O–H groups in total. The van der Waals surface area contributed by atoms with E-state index in [0.29, 0.717) is 0 Å². The second-order valence-corrected chi connectivity index (χ2v) is 1.88. The van der Waals surface area contributed by atoms with Crippen molar-refractivity contribution >= 4 is 0 Å². The summed E-state index contributed by atoms with van der Waals surface area (Å²) in [6.45, 7) is 0. The molecule has 10 heavy (non-hydrogen) atoms. The van der Waals surface area contributed by atoms with E-state index < -0.39 is 12.1 Å². The summed E-state index contributed by atoms with van der Waals surface area (Å²) in [6.07, 6.45) is 3.23. The predicted molar refractivity (Wildman–Crippen MR) is 34.2 cm³/mol. The molecule has 2 atom stereocenters. The van der Waals surface area contributed by atoms with Gasteiger partial charge in [0.15, 0.2) is 0 Å².